The predicted octanol–water partition coefficient (Wildman–Crippen LogP) is 0.432. The van der Waals surface area contributed by atoms with Gasteiger partial charge in [-0.15, -0.1) is 0 Å². The van der Waals surface area contributed by atoms with Crippen LogP contribution in [0.5, 0.6) is 0 Å². The van der Waals surface area contributed by atoms with Gasteiger partial charge in [0.25, 0.3) is 0 Å². The summed E-state index contributed by atoms with van der Waals surface area (Å²) in [5.41, 5.74) is 0. The van der Waals surface area contributed by atoms with Crippen LogP contribution in [0.4, 0.5) is 0 Å². The summed E-state index contributed by atoms with van der Waals surface area (Å²) in [5, 5.41) is 9.25. The molecule has 0 aromatic heterocycles. The maximum absolute atomic E-state index is 9.25. The van der Waals surface area contributed by atoms with Crippen molar-refractivity contribution in [2.24, 2.45) is 5.92 Å². The molecule has 0 unspecified atom stereocenters. The van der Waals surface area contributed by atoms with E-state index in [4.69, 9.17) is 14.2 Å². The molecule has 1 aliphatic heterocycles. The van der Waals surface area contributed by atoms with Crippen LogP contribution in [0.25, 0.3) is 0 Å². The van der Waals surface area contributed by atoms with E-state index >= 15 is 0 Å². The highest BCUT2D eigenvalue weighted by molar-refractivity contribution is 4.90. The molecule has 1 N–H and O–H groups in total. The second-order valence-electron chi connectivity index (χ2n) is 3.79. The fraction of sp³-hybridized carbons (Fsp3) is 1.00. The Bertz CT molecular complexity index is 158. The molecule has 0 aromatic rings. The van der Waals surface area contributed by atoms with Gasteiger partial charge in [-0.3, -0.25) is 0 Å². The quantitative estimate of drug-likeness (QED) is 0.724. The highest BCUT2D eigenvalue weighted by Crippen LogP contribution is 2.28. The van der Waals surface area contributed by atoms with Crippen LogP contribution in [0.15, 0.2) is 0 Å². The zero-order valence-electron chi connectivity index (χ0n) is 9.27. The van der Waals surface area contributed by atoms with Crippen LogP contribution in [0, 0.1) is 5.92 Å². The van der Waals surface area contributed by atoms with Gasteiger partial charge in [0.05, 0.1) is 24.9 Å². The summed E-state index contributed by atoms with van der Waals surface area (Å²) < 4.78 is 16.4. The van der Waals surface area contributed by atoms with E-state index in [9.17, 15) is 5.11 Å². The molecule has 0 aliphatic carbocycles. The van der Waals surface area contributed by atoms with Crippen molar-refractivity contribution in [3.63, 3.8) is 0 Å². The number of methoxy groups -OCH3 is 2. The van der Waals surface area contributed by atoms with E-state index < -0.39 is 0 Å². The Balaban J connectivity index is 2.76. The highest BCUT2D eigenvalue weighted by atomic mass is 16.6. The van der Waals surface area contributed by atoms with Crippen molar-refractivity contribution in [3.8, 4) is 0 Å². The largest absolute Gasteiger partial charge is 0.396 e. The lowest BCUT2D eigenvalue weighted by Gasteiger charge is -2.43. The van der Waals surface area contributed by atoms with Gasteiger partial charge in [0, 0.05) is 20.1 Å². The number of aliphatic hydroxyl groups excluding tert-OH is 1. The lowest BCUT2D eigenvalue weighted by Crippen LogP contribution is -2.55. The van der Waals surface area contributed by atoms with E-state index in [2.05, 4.69) is 0 Å². The lowest BCUT2D eigenvalue weighted by atomic mass is 9.88. The topological polar surface area (TPSA) is 47.9 Å². The van der Waals surface area contributed by atoms with Gasteiger partial charge < -0.3 is 19.3 Å². The number of aliphatic hydroxyl groups is 1. The molecule has 1 heterocycles. The molecule has 84 valence electrons. The molecule has 1 aliphatic rings. The van der Waals surface area contributed by atoms with E-state index in [1.165, 1.54) is 0 Å². The van der Waals surface area contributed by atoms with Crippen molar-refractivity contribution in [2.45, 2.75) is 38.3 Å². The number of rotatable bonds is 3. The first-order chi connectivity index (χ1) is 6.65. The first-order valence-electron chi connectivity index (χ1n) is 4.97. The maximum Gasteiger partial charge on any atom is 0.109 e. The first kappa shape index (κ1) is 11.9. The Kier molecular flexibility index (Phi) is 4.31. The van der Waals surface area contributed by atoms with Crippen LogP contribution in [-0.2, 0) is 14.2 Å². The van der Waals surface area contributed by atoms with Crippen LogP contribution in [-0.4, -0.2) is 50.3 Å². The minimum absolute atomic E-state index is 0.00255. The van der Waals surface area contributed by atoms with E-state index in [1.807, 2.05) is 13.8 Å². The number of hydrogen-bond acceptors (Lipinski definition) is 4. The average molecular weight is 204 g/mol. The smallest absolute Gasteiger partial charge is 0.109 e. The van der Waals surface area contributed by atoms with Crippen molar-refractivity contribution in [1.29, 1.82) is 0 Å². The average Bonchev–Trinajstić information content (AvgIpc) is 2.16. The molecule has 0 spiro atoms. The molecule has 4 nitrogen and oxygen atoms in total. The van der Waals surface area contributed by atoms with Crippen molar-refractivity contribution in [1.82, 2.24) is 0 Å². The van der Waals surface area contributed by atoms with Crippen molar-refractivity contribution >= 4 is 0 Å². The standard InChI is InChI=1S/C10H20O4/c1-6-8(5-11)10(13-4)9(12-3)7(2)14-6/h6-11H,5H2,1-4H3/t6-,7-,8-,9-,10-/m0/s1. The van der Waals surface area contributed by atoms with Gasteiger partial charge in [-0.2, -0.15) is 0 Å². The van der Waals surface area contributed by atoms with Gasteiger partial charge >= 0.3 is 0 Å². The zero-order valence-corrected chi connectivity index (χ0v) is 9.27. The summed E-state index contributed by atoms with van der Waals surface area (Å²) in [6, 6.07) is 0. The molecule has 1 fully saturated rings. The highest BCUT2D eigenvalue weighted by Gasteiger charge is 2.42. The zero-order chi connectivity index (χ0) is 10.7. The van der Waals surface area contributed by atoms with Crippen LogP contribution < -0.4 is 0 Å². The van der Waals surface area contributed by atoms with Gasteiger partial charge in [-0.05, 0) is 13.8 Å². The van der Waals surface area contributed by atoms with Crippen molar-refractivity contribution in [3.05, 3.63) is 0 Å². The molecule has 0 saturated carbocycles. The molecule has 0 bridgehead atoms. The summed E-state index contributed by atoms with van der Waals surface area (Å²) in [5.74, 6) is -0.0128. The van der Waals surface area contributed by atoms with Crippen LogP contribution in [0.1, 0.15) is 13.8 Å². The normalized spacial score (nSPS) is 43.9. The number of ether oxygens (including phenoxy) is 3. The van der Waals surface area contributed by atoms with Crippen LogP contribution >= 0.6 is 0 Å². The Labute approximate surface area is 85.2 Å². The molecule has 0 aromatic carbocycles. The van der Waals surface area contributed by atoms with Gasteiger partial charge in [0.2, 0.25) is 0 Å². The third-order valence-electron chi connectivity index (χ3n) is 3.00. The van der Waals surface area contributed by atoms with Gasteiger partial charge in [0.1, 0.15) is 6.10 Å². The summed E-state index contributed by atoms with van der Waals surface area (Å²) in [4.78, 5) is 0. The lowest BCUT2D eigenvalue weighted by molar-refractivity contribution is -0.212. The Morgan fingerprint density at radius 1 is 1.07 bits per heavy atom. The fourth-order valence-electron chi connectivity index (χ4n) is 2.18. The van der Waals surface area contributed by atoms with Gasteiger partial charge in [0.15, 0.2) is 0 Å². The second-order valence-corrected chi connectivity index (χ2v) is 3.79. The van der Waals surface area contributed by atoms with E-state index in [-0.39, 0.29) is 36.9 Å². The molecule has 5 atom stereocenters. The third-order valence-corrected chi connectivity index (χ3v) is 3.00. The van der Waals surface area contributed by atoms with Gasteiger partial charge in [-0.25, -0.2) is 0 Å². The first-order valence-corrected chi connectivity index (χ1v) is 4.97. The van der Waals surface area contributed by atoms with Crippen molar-refractivity contribution < 1.29 is 19.3 Å². The monoisotopic (exact) mass is 204 g/mol. The summed E-state index contributed by atoms with van der Waals surface area (Å²) in [6.45, 7) is 3.98. The Morgan fingerprint density at radius 2 is 1.64 bits per heavy atom. The molecular formula is C10H20O4. The van der Waals surface area contributed by atoms with Crippen LogP contribution in [0.3, 0.4) is 0 Å². The molecule has 4 heteroatoms. The number of hydrogen-bond donors (Lipinski definition) is 1. The third kappa shape index (κ3) is 2.08. The molecule has 0 amide bonds. The van der Waals surface area contributed by atoms with E-state index in [1.54, 1.807) is 14.2 Å². The molecular weight excluding hydrogens is 184 g/mol. The second kappa shape index (κ2) is 5.07. The van der Waals surface area contributed by atoms with Gasteiger partial charge in [-0.1, -0.05) is 0 Å². The minimum atomic E-state index is -0.103. The fourth-order valence-corrected chi connectivity index (χ4v) is 2.18. The molecule has 1 saturated heterocycles. The van der Waals surface area contributed by atoms with E-state index in [0.717, 1.165) is 0 Å². The van der Waals surface area contributed by atoms with Crippen molar-refractivity contribution in [2.75, 3.05) is 20.8 Å². The minimum Gasteiger partial charge on any atom is -0.396 e. The maximum atomic E-state index is 9.25. The molecule has 14 heavy (non-hydrogen) atoms. The van der Waals surface area contributed by atoms with Crippen LogP contribution in [0.2, 0.25) is 0 Å². The molecule has 1 rings (SSSR count). The summed E-state index contributed by atoms with van der Waals surface area (Å²) in [7, 11) is 3.28. The van der Waals surface area contributed by atoms with E-state index in [0.29, 0.717) is 0 Å². The Morgan fingerprint density at radius 3 is 2.07 bits per heavy atom. The summed E-state index contributed by atoms with van der Waals surface area (Å²) in [6.07, 6.45) is -0.189. The summed E-state index contributed by atoms with van der Waals surface area (Å²) >= 11 is 0. The SMILES string of the molecule is CO[C@@H]1[C@@H](OC)[C@@H](CO)[C@H](C)O[C@H]1C. The Hall–Kier alpha value is -0.160. The molecule has 0 radical (unpaired) electrons. The predicted molar refractivity (Wildman–Crippen MR) is 52.2 cm³/mol.